The van der Waals surface area contributed by atoms with Crippen LogP contribution in [0.3, 0.4) is 0 Å². The highest BCUT2D eigenvalue weighted by atomic mass is 35.5. The van der Waals surface area contributed by atoms with Crippen molar-refractivity contribution in [2.45, 2.75) is 13.5 Å². The first kappa shape index (κ1) is 13.8. The monoisotopic (exact) mass is 301 g/mol. The lowest BCUT2D eigenvalue weighted by molar-refractivity contribution is 0.416. The van der Waals surface area contributed by atoms with Crippen LogP contribution in [0.1, 0.15) is 6.92 Å². The highest BCUT2D eigenvalue weighted by molar-refractivity contribution is 6.35. The molecular weight excluding hydrogens is 286 g/mol. The molecule has 0 amide bonds. The third kappa shape index (κ3) is 2.21. The van der Waals surface area contributed by atoms with E-state index in [1.54, 1.807) is 13.2 Å². The number of imidazole rings is 1. The number of hydrogen-bond acceptors (Lipinski definition) is 3. The molecule has 108 valence electrons. The van der Waals surface area contributed by atoms with E-state index in [0.717, 1.165) is 29.0 Å². The number of nitrogen functional groups attached to an aromatic ring is 1. The maximum atomic E-state index is 6.33. The molecule has 0 aliphatic heterocycles. The molecule has 0 saturated heterocycles. The average Bonchev–Trinajstić information content (AvgIpc) is 2.86. The van der Waals surface area contributed by atoms with Crippen LogP contribution in [-0.2, 0) is 6.54 Å². The molecule has 0 saturated carbocycles. The van der Waals surface area contributed by atoms with Gasteiger partial charge in [0, 0.05) is 18.3 Å². The zero-order valence-electron chi connectivity index (χ0n) is 11.9. The summed E-state index contributed by atoms with van der Waals surface area (Å²) in [5.41, 5.74) is 9.20. The molecular formula is C16H16ClN3O. The van der Waals surface area contributed by atoms with Gasteiger partial charge in [0.2, 0.25) is 0 Å². The molecule has 3 rings (SSSR count). The third-order valence-electron chi connectivity index (χ3n) is 3.50. The maximum Gasteiger partial charge on any atom is 0.144 e. The summed E-state index contributed by atoms with van der Waals surface area (Å²) in [6.07, 6.45) is 0. The first-order valence-electron chi connectivity index (χ1n) is 6.74. The van der Waals surface area contributed by atoms with Crippen molar-refractivity contribution in [1.29, 1.82) is 0 Å². The minimum atomic E-state index is 0.660. The number of methoxy groups -OCH3 is 1. The lowest BCUT2D eigenvalue weighted by Crippen LogP contribution is -2.00. The van der Waals surface area contributed by atoms with Gasteiger partial charge in [0.1, 0.15) is 11.6 Å². The molecule has 0 fully saturated rings. The number of nitrogens with two attached hydrogens (primary N) is 1. The fourth-order valence-corrected chi connectivity index (χ4v) is 2.82. The Kier molecular flexibility index (Phi) is 3.47. The van der Waals surface area contributed by atoms with E-state index in [9.17, 15) is 0 Å². The summed E-state index contributed by atoms with van der Waals surface area (Å²) in [5.74, 6) is 1.54. The van der Waals surface area contributed by atoms with Crippen LogP contribution in [0, 0.1) is 0 Å². The van der Waals surface area contributed by atoms with Crippen molar-refractivity contribution in [1.82, 2.24) is 9.55 Å². The van der Waals surface area contributed by atoms with Gasteiger partial charge in [-0.25, -0.2) is 4.98 Å². The number of aryl methyl sites for hydroxylation is 1. The van der Waals surface area contributed by atoms with Crippen LogP contribution in [-0.4, -0.2) is 16.7 Å². The Labute approximate surface area is 128 Å². The van der Waals surface area contributed by atoms with E-state index in [1.807, 2.05) is 30.3 Å². The van der Waals surface area contributed by atoms with Crippen LogP contribution < -0.4 is 10.5 Å². The Morgan fingerprint density at radius 2 is 2.10 bits per heavy atom. The highest BCUT2D eigenvalue weighted by Crippen LogP contribution is 2.35. The third-order valence-corrected chi connectivity index (χ3v) is 3.81. The van der Waals surface area contributed by atoms with Crippen molar-refractivity contribution in [3.63, 3.8) is 0 Å². The van der Waals surface area contributed by atoms with Gasteiger partial charge < -0.3 is 15.0 Å². The number of rotatable bonds is 3. The first-order valence-corrected chi connectivity index (χ1v) is 7.12. The standard InChI is InChI=1S/C16H16ClN3O/c1-3-20-15-12(17)5-4-6-13(15)19-16(20)11-8-7-10(18)9-14(11)21-2/h4-9H,3,18H2,1-2H3. The van der Waals surface area contributed by atoms with Crippen molar-refractivity contribution >= 4 is 28.3 Å². The number of anilines is 1. The topological polar surface area (TPSA) is 53.1 Å². The van der Waals surface area contributed by atoms with Gasteiger partial charge in [-0.2, -0.15) is 0 Å². The number of ether oxygens (including phenoxy) is 1. The van der Waals surface area contributed by atoms with Gasteiger partial charge in [0.05, 0.1) is 28.7 Å². The quantitative estimate of drug-likeness (QED) is 0.745. The van der Waals surface area contributed by atoms with Gasteiger partial charge in [0.15, 0.2) is 0 Å². The van der Waals surface area contributed by atoms with Crippen LogP contribution in [0.5, 0.6) is 5.75 Å². The first-order chi connectivity index (χ1) is 10.2. The van der Waals surface area contributed by atoms with Gasteiger partial charge in [-0.15, -0.1) is 0 Å². The van der Waals surface area contributed by atoms with E-state index in [1.165, 1.54) is 0 Å². The summed E-state index contributed by atoms with van der Waals surface area (Å²) in [5, 5.41) is 0.697. The van der Waals surface area contributed by atoms with E-state index in [0.29, 0.717) is 16.5 Å². The van der Waals surface area contributed by atoms with E-state index < -0.39 is 0 Å². The van der Waals surface area contributed by atoms with E-state index in [2.05, 4.69) is 11.5 Å². The fourth-order valence-electron chi connectivity index (χ4n) is 2.55. The Balaban J connectivity index is 2.33. The van der Waals surface area contributed by atoms with Gasteiger partial charge in [0.25, 0.3) is 0 Å². The normalized spacial score (nSPS) is 11.0. The predicted octanol–water partition coefficient (Wildman–Crippen LogP) is 3.97. The summed E-state index contributed by atoms with van der Waals surface area (Å²) in [4.78, 5) is 4.71. The highest BCUT2D eigenvalue weighted by Gasteiger charge is 2.17. The van der Waals surface area contributed by atoms with E-state index in [4.69, 9.17) is 27.1 Å². The van der Waals surface area contributed by atoms with Gasteiger partial charge in [-0.3, -0.25) is 0 Å². The maximum absolute atomic E-state index is 6.33. The van der Waals surface area contributed by atoms with Crippen molar-refractivity contribution in [2.75, 3.05) is 12.8 Å². The zero-order chi connectivity index (χ0) is 15.0. The second kappa shape index (κ2) is 5.30. The Bertz CT molecular complexity index is 811. The second-order valence-corrected chi connectivity index (χ2v) is 5.15. The number of benzene rings is 2. The van der Waals surface area contributed by atoms with Crippen LogP contribution in [0.15, 0.2) is 36.4 Å². The predicted molar refractivity (Wildman–Crippen MR) is 86.8 cm³/mol. The zero-order valence-corrected chi connectivity index (χ0v) is 12.7. The summed E-state index contributed by atoms with van der Waals surface area (Å²) >= 11 is 6.33. The van der Waals surface area contributed by atoms with E-state index in [-0.39, 0.29) is 0 Å². The van der Waals surface area contributed by atoms with Gasteiger partial charge in [-0.1, -0.05) is 17.7 Å². The molecule has 0 radical (unpaired) electrons. The molecule has 0 atom stereocenters. The van der Waals surface area contributed by atoms with Crippen molar-refractivity contribution in [3.05, 3.63) is 41.4 Å². The van der Waals surface area contributed by atoms with Crippen molar-refractivity contribution in [2.24, 2.45) is 0 Å². The molecule has 4 nitrogen and oxygen atoms in total. The van der Waals surface area contributed by atoms with Crippen molar-refractivity contribution in [3.8, 4) is 17.1 Å². The fraction of sp³-hybridized carbons (Fsp3) is 0.188. The number of halogens is 1. The molecule has 0 bridgehead atoms. The molecule has 21 heavy (non-hydrogen) atoms. The Morgan fingerprint density at radius 1 is 1.29 bits per heavy atom. The van der Waals surface area contributed by atoms with Gasteiger partial charge >= 0.3 is 0 Å². The number of nitrogens with zero attached hydrogens (tertiary/aromatic N) is 2. The largest absolute Gasteiger partial charge is 0.496 e. The average molecular weight is 302 g/mol. The summed E-state index contributed by atoms with van der Waals surface area (Å²) < 4.78 is 7.53. The molecule has 0 unspecified atom stereocenters. The minimum Gasteiger partial charge on any atom is -0.496 e. The number of aromatic nitrogens is 2. The lowest BCUT2D eigenvalue weighted by atomic mass is 10.1. The molecule has 0 aliphatic rings. The number of hydrogen-bond donors (Lipinski definition) is 1. The summed E-state index contributed by atoms with van der Waals surface area (Å²) in [6.45, 7) is 2.83. The van der Waals surface area contributed by atoms with Gasteiger partial charge in [-0.05, 0) is 31.2 Å². The Hall–Kier alpha value is -2.20. The summed E-state index contributed by atoms with van der Waals surface area (Å²) in [6, 6.07) is 11.3. The van der Waals surface area contributed by atoms with Crippen LogP contribution in [0.4, 0.5) is 5.69 Å². The molecule has 3 aromatic rings. The molecule has 1 heterocycles. The van der Waals surface area contributed by atoms with E-state index >= 15 is 0 Å². The molecule has 2 aromatic carbocycles. The molecule has 0 spiro atoms. The number of fused-ring (bicyclic) bond motifs is 1. The van der Waals surface area contributed by atoms with Crippen molar-refractivity contribution < 1.29 is 4.74 Å². The molecule has 5 heteroatoms. The van der Waals surface area contributed by atoms with Crippen LogP contribution in [0.25, 0.3) is 22.4 Å². The second-order valence-electron chi connectivity index (χ2n) is 4.75. The SMILES string of the molecule is CCn1c(-c2ccc(N)cc2OC)nc2cccc(Cl)c21. The lowest BCUT2D eigenvalue weighted by Gasteiger charge is -2.11. The summed E-state index contributed by atoms with van der Waals surface area (Å²) in [7, 11) is 1.63. The molecule has 0 aliphatic carbocycles. The Morgan fingerprint density at radius 3 is 2.81 bits per heavy atom. The van der Waals surface area contributed by atoms with Crippen LogP contribution in [0.2, 0.25) is 5.02 Å². The molecule has 1 aromatic heterocycles. The minimum absolute atomic E-state index is 0.660. The number of para-hydroxylation sites is 1. The molecule has 2 N–H and O–H groups in total. The van der Waals surface area contributed by atoms with Crippen LogP contribution >= 0.6 is 11.6 Å². The smallest absolute Gasteiger partial charge is 0.144 e.